The van der Waals surface area contributed by atoms with Crippen LogP contribution in [0.25, 0.3) is 28.2 Å². The van der Waals surface area contributed by atoms with Gasteiger partial charge in [0.25, 0.3) is 0 Å². The SMILES string of the molecule is OC(Nc1cccc(-c2nncn2C2CC2)c1)c1cc(-n2cnc3cccnc32)ccn1. The number of nitrogens with one attached hydrogen (secondary N) is 1. The Morgan fingerprint density at radius 3 is 2.81 bits per heavy atom. The third-order valence-electron chi connectivity index (χ3n) is 5.57. The Hall–Kier alpha value is -4.11. The lowest BCUT2D eigenvalue weighted by Gasteiger charge is -2.15. The molecule has 158 valence electrons. The van der Waals surface area contributed by atoms with Crippen molar-refractivity contribution in [1.29, 1.82) is 0 Å². The Morgan fingerprint density at radius 1 is 0.969 bits per heavy atom. The number of hydrogen-bond acceptors (Lipinski definition) is 7. The van der Waals surface area contributed by atoms with Gasteiger partial charge in [-0.25, -0.2) is 9.97 Å². The highest BCUT2D eigenvalue weighted by Gasteiger charge is 2.26. The van der Waals surface area contributed by atoms with Gasteiger partial charge in [0.15, 0.2) is 17.7 Å². The summed E-state index contributed by atoms with van der Waals surface area (Å²) >= 11 is 0. The highest BCUT2D eigenvalue weighted by molar-refractivity contribution is 5.72. The summed E-state index contributed by atoms with van der Waals surface area (Å²) in [5.41, 5.74) is 4.58. The number of benzene rings is 1. The maximum absolute atomic E-state index is 10.8. The Balaban J connectivity index is 1.26. The van der Waals surface area contributed by atoms with E-state index in [4.69, 9.17) is 0 Å². The fourth-order valence-corrected chi connectivity index (χ4v) is 3.82. The van der Waals surface area contributed by atoms with Crippen molar-refractivity contribution in [1.82, 2.24) is 34.3 Å². The van der Waals surface area contributed by atoms with Gasteiger partial charge in [0, 0.05) is 29.7 Å². The molecule has 5 aromatic rings. The number of aliphatic hydroxyl groups excluding tert-OH is 1. The van der Waals surface area contributed by atoms with E-state index in [1.54, 1.807) is 25.0 Å². The Kier molecular flexibility index (Phi) is 4.39. The molecule has 0 amide bonds. The maximum atomic E-state index is 10.8. The Morgan fingerprint density at radius 2 is 1.91 bits per heavy atom. The van der Waals surface area contributed by atoms with Gasteiger partial charge in [0.05, 0.1) is 11.4 Å². The number of hydrogen-bond donors (Lipinski definition) is 2. The lowest BCUT2D eigenvalue weighted by molar-refractivity contribution is 0.203. The molecule has 9 heteroatoms. The minimum absolute atomic E-state index is 0.489. The zero-order valence-corrected chi connectivity index (χ0v) is 17.1. The highest BCUT2D eigenvalue weighted by Crippen LogP contribution is 2.37. The Bertz CT molecular complexity index is 1400. The number of nitrogens with zero attached hydrogens (tertiary/aromatic N) is 7. The molecule has 0 aliphatic heterocycles. The highest BCUT2D eigenvalue weighted by atomic mass is 16.3. The van der Waals surface area contributed by atoms with Crippen LogP contribution in [0.1, 0.15) is 30.8 Å². The average Bonchev–Trinajstić information content (AvgIpc) is 3.39. The van der Waals surface area contributed by atoms with Gasteiger partial charge in [0.2, 0.25) is 0 Å². The molecule has 1 unspecified atom stereocenters. The van der Waals surface area contributed by atoms with Crippen molar-refractivity contribution >= 4 is 16.9 Å². The number of imidazole rings is 1. The summed E-state index contributed by atoms with van der Waals surface area (Å²) in [7, 11) is 0. The molecule has 32 heavy (non-hydrogen) atoms. The van der Waals surface area contributed by atoms with Crippen LogP contribution in [-0.2, 0) is 0 Å². The quantitative estimate of drug-likeness (QED) is 0.402. The summed E-state index contributed by atoms with van der Waals surface area (Å²) in [6.45, 7) is 0. The second kappa shape index (κ2) is 7.54. The molecule has 1 fully saturated rings. The number of aromatic nitrogens is 7. The molecule has 0 spiro atoms. The first kappa shape index (κ1) is 18.6. The standard InChI is InChI=1S/C23H20N8O/c32-23(20-12-18(8-10-24-20)30-13-26-19-5-2-9-25-22(19)30)28-16-4-1-3-15(11-16)21-29-27-14-31(21)17-6-7-17/h1-5,8-14,17,23,28,32H,6-7H2. The lowest BCUT2D eigenvalue weighted by Crippen LogP contribution is -2.12. The monoisotopic (exact) mass is 424 g/mol. The summed E-state index contributed by atoms with van der Waals surface area (Å²) in [5, 5.41) is 22.3. The third-order valence-corrected chi connectivity index (χ3v) is 5.57. The second-order valence-corrected chi connectivity index (χ2v) is 7.82. The molecule has 4 heterocycles. The van der Waals surface area contributed by atoms with E-state index in [0.717, 1.165) is 46.8 Å². The minimum Gasteiger partial charge on any atom is -0.368 e. The summed E-state index contributed by atoms with van der Waals surface area (Å²) < 4.78 is 3.99. The molecule has 1 aromatic carbocycles. The van der Waals surface area contributed by atoms with Gasteiger partial charge < -0.3 is 15.0 Å². The number of fused-ring (bicyclic) bond motifs is 1. The van der Waals surface area contributed by atoms with Gasteiger partial charge >= 0.3 is 0 Å². The first-order valence-electron chi connectivity index (χ1n) is 10.5. The van der Waals surface area contributed by atoms with E-state index < -0.39 is 6.23 Å². The number of pyridine rings is 2. The molecule has 1 aliphatic carbocycles. The van der Waals surface area contributed by atoms with E-state index in [2.05, 4.69) is 35.0 Å². The van der Waals surface area contributed by atoms with Gasteiger partial charge in [-0.05, 0) is 49.2 Å². The van der Waals surface area contributed by atoms with Crippen molar-refractivity contribution < 1.29 is 5.11 Å². The lowest BCUT2D eigenvalue weighted by atomic mass is 10.1. The molecule has 9 nitrogen and oxygen atoms in total. The maximum Gasteiger partial charge on any atom is 0.168 e. The summed E-state index contributed by atoms with van der Waals surface area (Å²) in [6.07, 6.45) is 8.22. The fraction of sp³-hybridized carbons (Fsp3) is 0.174. The molecular weight excluding hydrogens is 404 g/mol. The Labute approximate surface area is 183 Å². The van der Waals surface area contributed by atoms with Crippen molar-refractivity contribution in [3.63, 3.8) is 0 Å². The number of rotatable bonds is 6. The molecule has 1 saturated carbocycles. The molecular formula is C23H20N8O. The van der Waals surface area contributed by atoms with Crippen molar-refractivity contribution in [3.05, 3.63) is 79.3 Å². The zero-order chi connectivity index (χ0) is 21.5. The van der Waals surface area contributed by atoms with Crippen LogP contribution >= 0.6 is 0 Å². The molecule has 1 aliphatic rings. The molecule has 2 N–H and O–H groups in total. The third kappa shape index (κ3) is 3.38. The molecule has 0 bridgehead atoms. The van der Waals surface area contributed by atoms with Crippen LogP contribution in [0.2, 0.25) is 0 Å². The van der Waals surface area contributed by atoms with Crippen molar-refractivity contribution in [2.24, 2.45) is 0 Å². The first-order valence-corrected chi connectivity index (χ1v) is 10.5. The molecule has 4 aromatic heterocycles. The predicted molar refractivity (Wildman–Crippen MR) is 119 cm³/mol. The van der Waals surface area contributed by atoms with E-state index in [1.165, 1.54) is 0 Å². The van der Waals surface area contributed by atoms with Crippen LogP contribution in [0.4, 0.5) is 5.69 Å². The van der Waals surface area contributed by atoms with Crippen molar-refractivity contribution in [2.75, 3.05) is 5.32 Å². The van der Waals surface area contributed by atoms with Crippen molar-refractivity contribution in [2.45, 2.75) is 25.1 Å². The minimum atomic E-state index is -0.991. The normalized spacial score (nSPS) is 14.5. The molecule has 1 atom stereocenters. The van der Waals surface area contributed by atoms with Crippen molar-refractivity contribution in [3.8, 4) is 17.1 Å². The number of aliphatic hydroxyl groups is 1. The molecule has 6 rings (SSSR count). The smallest absolute Gasteiger partial charge is 0.168 e. The van der Waals surface area contributed by atoms with Crippen LogP contribution in [0.15, 0.2) is 73.6 Å². The van der Waals surface area contributed by atoms with Gasteiger partial charge in [-0.2, -0.15) is 0 Å². The van der Waals surface area contributed by atoms with Gasteiger partial charge in [-0.1, -0.05) is 12.1 Å². The van der Waals surface area contributed by atoms with E-state index in [-0.39, 0.29) is 0 Å². The average molecular weight is 424 g/mol. The van der Waals surface area contributed by atoms with E-state index >= 15 is 0 Å². The van der Waals surface area contributed by atoms with E-state index in [0.29, 0.717) is 11.7 Å². The van der Waals surface area contributed by atoms with Crippen LogP contribution < -0.4 is 5.32 Å². The van der Waals surface area contributed by atoms with Crippen LogP contribution in [0.5, 0.6) is 0 Å². The summed E-state index contributed by atoms with van der Waals surface area (Å²) in [5.74, 6) is 0.838. The molecule has 0 radical (unpaired) electrons. The topological polar surface area (TPSA) is 107 Å². The van der Waals surface area contributed by atoms with E-state index in [1.807, 2.05) is 53.1 Å². The first-order chi connectivity index (χ1) is 15.8. The number of anilines is 1. The second-order valence-electron chi connectivity index (χ2n) is 7.82. The van der Waals surface area contributed by atoms with Gasteiger partial charge in [-0.3, -0.25) is 9.55 Å². The van der Waals surface area contributed by atoms with Gasteiger partial charge in [0.1, 0.15) is 18.2 Å². The van der Waals surface area contributed by atoms with E-state index in [9.17, 15) is 5.11 Å². The van der Waals surface area contributed by atoms with Crippen LogP contribution in [-0.4, -0.2) is 39.4 Å². The van der Waals surface area contributed by atoms with Crippen LogP contribution in [0, 0.1) is 0 Å². The molecule has 0 saturated heterocycles. The van der Waals surface area contributed by atoms with Gasteiger partial charge in [-0.15, -0.1) is 10.2 Å². The summed E-state index contributed by atoms with van der Waals surface area (Å²) in [4.78, 5) is 13.1. The largest absolute Gasteiger partial charge is 0.368 e. The summed E-state index contributed by atoms with van der Waals surface area (Å²) in [6, 6.07) is 15.7. The fourth-order valence-electron chi connectivity index (χ4n) is 3.82. The van der Waals surface area contributed by atoms with Crippen LogP contribution in [0.3, 0.4) is 0 Å². The zero-order valence-electron chi connectivity index (χ0n) is 17.1. The predicted octanol–water partition coefficient (Wildman–Crippen LogP) is 3.51.